The van der Waals surface area contributed by atoms with Crippen LogP contribution in [0.15, 0.2) is 48.5 Å². The van der Waals surface area contributed by atoms with Crippen molar-refractivity contribution in [1.29, 1.82) is 0 Å². The van der Waals surface area contributed by atoms with Crippen LogP contribution >= 0.6 is 0 Å². The van der Waals surface area contributed by atoms with Gasteiger partial charge < -0.3 is 10.6 Å². The van der Waals surface area contributed by atoms with Crippen molar-refractivity contribution in [1.82, 2.24) is 5.32 Å². The molecule has 2 amide bonds. The first-order valence-electron chi connectivity index (χ1n) is 9.40. The Bertz CT molecular complexity index is 794. The normalized spacial score (nSPS) is 15.8. The van der Waals surface area contributed by atoms with E-state index in [9.17, 15) is 14.0 Å². The molecular weight excluding hydrogens is 343 g/mol. The highest BCUT2D eigenvalue weighted by Crippen LogP contribution is 2.39. The molecule has 4 nitrogen and oxygen atoms in total. The average molecular weight is 368 g/mol. The zero-order chi connectivity index (χ0) is 19.3. The van der Waals surface area contributed by atoms with Crippen molar-refractivity contribution < 1.29 is 14.0 Å². The Morgan fingerprint density at radius 3 is 2.19 bits per heavy atom. The number of hydrogen-bond acceptors (Lipinski definition) is 2. The van der Waals surface area contributed by atoms with Gasteiger partial charge in [0.05, 0.1) is 0 Å². The van der Waals surface area contributed by atoms with Gasteiger partial charge in [0.15, 0.2) is 0 Å². The number of nitrogens with one attached hydrogen (secondary N) is 2. The Labute approximate surface area is 159 Å². The summed E-state index contributed by atoms with van der Waals surface area (Å²) in [7, 11) is 0. The Kier molecular flexibility index (Phi) is 5.89. The molecule has 0 radical (unpaired) electrons. The van der Waals surface area contributed by atoms with E-state index in [0.717, 1.165) is 31.2 Å². The third kappa shape index (κ3) is 4.73. The number of anilines is 1. The van der Waals surface area contributed by atoms with Gasteiger partial charge in [-0.25, -0.2) is 4.39 Å². The summed E-state index contributed by atoms with van der Waals surface area (Å²) in [6.07, 6.45) is 5.39. The van der Waals surface area contributed by atoms with E-state index in [4.69, 9.17) is 0 Å². The second-order valence-corrected chi connectivity index (χ2v) is 7.29. The topological polar surface area (TPSA) is 58.2 Å². The van der Waals surface area contributed by atoms with Crippen molar-refractivity contribution in [2.75, 3.05) is 11.9 Å². The van der Waals surface area contributed by atoms with Gasteiger partial charge in [0.1, 0.15) is 5.82 Å². The molecule has 5 heteroatoms. The molecule has 1 aliphatic rings. The molecular formula is C22H25FN2O2. The average Bonchev–Trinajstić information content (AvgIpc) is 2.67. The Morgan fingerprint density at radius 1 is 0.963 bits per heavy atom. The fourth-order valence-corrected chi connectivity index (χ4v) is 3.86. The highest BCUT2D eigenvalue weighted by atomic mass is 19.1. The number of hydrogen-bond donors (Lipinski definition) is 2. The van der Waals surface area contributed by atoms with Crippen LogP contribution in [0, 0.1) is 5.82 Å². The maximum Gasteiger partial charge on any atom is 0.251 e. The van der Waals surface area contributed by atoms with Gasteiger partial charge in [0, 0.05) is 30.1 Å². The van der Waals surface area contributed by atoms with E-state index in [1.165, 1.54) is 25.5 Å². The molecule has 0 atom stereocenters. The summed E-state index contributed by atoms with van der Waals surface area (Å²) < 4.78 is 13.3. The summed E-state index contributed by atoms with van der Waals surface area (Å²) in [6.45, 7) is 1.98. The van der Waals surface area contributed by atoms with E-state index in [2.05, 4.69) is 10.6 Å². The van der Waals surface area contributed by atoms with E-state index < -0.39 is 0 Å². The molecule has 27 heavy (non-hydrogen) atoms. The first kappa shape index (κ1) is 19.1. The van der Waals surface area contributed by atoms with Crippen LogP contribution in [0.25, 0.3) is 0 Å². The van der Waals surface area contributed by atoms with Crippen LogP contribution in [0.3, 0.4) is 0 Å². The molecule has 0 unspecified atom stereocenters. The minimum atomic E-state index is -0.243. The molecule has 0 aromatic heterocycles. The van der Waals surface area contributed by atoms with Crippen molar-refractivity contribution in [2.45, 2.75) is 44.4 Å². The maximum absolute atomic E-state index is 13.3. The molecule has 2 aromatic carbocycles. The Balaban J connectivity index is 1.70. The zero-order valence-corrected chi connectivity index (χ0v) is 15.6. The van der Waals surface area contributed by atoms with E-state index in [1.807, 2.05) is 12.1 Å². The molecule has 0 bridgehead atoms. The highest BCUT2D eigenvalue weighted by molar-refractivity contribution is 5.95. The van der Waals surface area contributed by atoms with Crippen molar-refractivity contribution >= 4 is 17.5 Å². The summed E-state index contributed by atoms with van der Waals surface area (Å²) in [5, 5.41) is 5.75. The first-order valence-corrected chi connectivity index (χ1v) is 9.40. The van der Waals surface area contributed by atoms with Gasteiger partial charge in [-0.15, -0.1) is 0 Å². The number of halogens is 1. The van der Waals surface area contributed by atoms with Crippen molar-refractivity contribution in [3.05, 3.63) is 65.5 Å². The lowest BCUT2D eigenvalue weighted by atomic mass is 9.69. The van der Waals surface area contributed by atoms with Gasteiger partial charge in [-0.2, -0.15) is 0 Å². The molecule has 0 saturated heterocycles. The van der Waals surface area contributed by atoms with Crippen LogP contribution in [0.5, 0.6) is 0 Å². The van der Waals surface area contributed by atoms with Crippen molar-refractivity contribution in [3.63, 3.8) is 0 Å². The summed E-state index contributed by atoms with van der Waals surface area (Å²) >= 11 is 0. The lowest BCUT2D eigenvalue weighted by molar-refractivity contribution is -0.114. The maximum atomic E-state index is 13.3. The van der Waals surface area contributed by atoms with Gasteiger partial charge in [-0.1, -0.05) is 31.4 Å². The standard InChI is InChI=1S/C22H25FN2O2/c1-16(26)25-20-11-5-17(6-12-20)21(27)24-15-22(13-3-2-4-14-22)18-7-9-19(23)10-8-18/h5-12H,2-4,13-15H2,1H3,(H,24,27)(H,25,26). The quantitative estimate of drug-likeness (QED) is 0.821. The second kappa shape index (κ2) is 8.33. The molecule has 0 spiro atoms. The summed E-state index contributed by atoms with van der Waals surface area (Å²) in [5.41, 5.74) is 2.16. The van der Waals surface area contributed by atoms with Gasteiger partial charge in [0.2, 0.25) is 5.91 Å². The first-order chi connectivity index (χ1) is 13.0. The molecule has 3 rings (SSSR count). The smallest absolute Gasteiger partial charge is 0.251 e. The second-order valence-electron chi connectivity index (χ2n) is 7.29. The van der Waals surface area contributed by atoms with E-state index in [0.29, 0.717) is 17.8 Å². The number of carbonyl (C=O) groups excluding carboxylic acids is 2. The molecule has 2 aromatic rings. The van der Waals surface area contributed by atoms with E-state index in [1.54, 1.807) is 24.3 Å². The van der Waals surface area contributed by atoms with Gasteiger partial charge in [-0.3, -0.25) is 9.59 Å². The van der Waals surface area contributed by atoms with Gasteiger partial charge in [0.25, 0.3) is 5.91 Å². The van der Waals surface area contributed by atoms with Crippen molar-refractivity contribution in [3.8, 4) is 0 Å². The lowest BCUT2D eigenvalue weighted by Crippen LogP contribution is -2.42. The van der Waals surface area contributed by atoms with Crippen LogP contribution < -0.4 is 10.6 Å². The Hall–Kier alpha value is -2.69. The molecule has 0 aliphatic heterocycles. The van der Waals surface area contributed by atoms with E-state index >= 15 is 0 Å². The van der Waals surface area contributed by atoms with Crippen LogP contribution in [0.2, 0.25) is 0 Å². The molecule has 1 aliphatic carbocycles. The predicted octanol–water partition coefficient (Wildman–Crippen LogP) is 4.42. The van der Waals surface area contributed by atoms with Crippen LogP contribution in [0.1, 0.15) is 54.9 Å². The summed E-state index contributed by atoms with van der Waals surface area (Å²) in [4.78, 5) is 23.7. The monoisotopic (exact) mass is 368 g/mol. The molecule has 142 valence electrons. The fraction of sp³-hybridized carbons (Fsp3) is 0.364. The van der Waals surface area contributed by atoms with Gasteiger partial charge in [-0.05, 0) is 54.8 Å². The minimum absolute atomic E-state index is 0.141. The molecule has 1 saturated carbocycles. The number of benzene rings is 2. The molecule has 1 fully saturated rings. The van der Waals surface area contributed by atoms with Crippen molar-refractivity contribution in [2.24, 2.45) is 0 Å². The molecule has 2 N–H and O–H groups in total. The lowest BCUT2D eigenvalue weighted by Gasteiger charge is -2.38. The van der Waals surface area contributed by atoms with E-state index in [-0.39, 0.29) is 23.0 Å². The summed E-state index contributed by atoms with van der Waals surface area (Å²) in [5.74, 6) is -0.532. The fourth-order valence-electron chi connectivity index (χ4n) is 3.86. The number of carbonyl (C=O) groups is 2. The largest absolute Gasteiger partial charge is 0.351 e. The number of rotatable bonds is 5. The highest BCUT2D eigenvalue weighted by Gasteiger charge is 2.34. The third-order valence-electron chi connectivity index (χ3n) is 5.32. The Morgan fingerprint density at radius 2 is 1.59 bits per heavy atom. The van der Waals surface area contributed by atoms with Crippen LogP contribution in [-0.4, -0.2) is 18.4 Å². The number of amides is 2. The van der Waals surface area contributed by atoms with Crippen LogP contribution in [0.4, 0.5) is 10.1 Å². The summed E-state index contributed by atoms with van der Waals surface area (Å²) in [6, 6.07) is 13.5. The third-order valence-corrected chi connectivity index (χ3v) is 5.32. The molecule has 0 heterocycles. The SMILES string of the molecule is CC(=O)Nc1ccc(C(=O)NCC2(c3ccc(F)cc3)CCCCC2)cc1. The minimum Gasteiger partial charge on any atom is -0.351 e. The van der Waals surface area contributed by atoms with Crippen LogP contribution in [-0.2, 0) is 10.2 Å². The predicted molar refractivity (Wildman–Crippen MR) is 104 cm³/mol. The van der Waals surface area contributed by atoms with Gasteiger partial charge >= 0.3 is 0 Å². The zero-order valence-electron chi connectivity index (χ0n) is 15.6.